The maximum Gasteiger partial charge on any atom is 0.313 e. The first kappa shape index (κ1) is 9.83. The summed E-state index contributed by atoms with van der Waals surface area (Å²) >= 11 is 0. The lowest BCUT2D eigenvalue weighted by atomic mass is 10.1. The van der Waals surface area contributed by atoms with Crippen molar-refractivity contribution in [3.05, 3.63) is 24.3 Å². The average molecular weight is 208 g/mol. The molecule has 1 aromatic rings. The minimum atomic E-state index is -0.803. The van der Waals surface area contributed by atoms with Crippen molar-refractivity contribution in [3.8, 4) is 11.5 Å². The number of aromatic hydroxyl groups is 1. The molecule has 0 saturated heterocycles. The highest BCUT2D eigenvalue weighted by atomic mass is 16.5. The Morgan fingerprint density at radius 1 is 1.47 bits per heavy atom. The molecule has 1 aliphatic carbocycles. The fourth-order valence-electron chi connectivity index (χ4n) is 1.37. The van der Waals surface area contributed by atoms with E-state index in [2.05, 4.69) is 0 Å². The van der Waals surface area contributed by atoms with Crippen molar-refractivity contribution < 1.29 is 19.7 Å². The Kier molecular flexibility index (Phi) is 2.26. The van der Waals surface area contributed by atoms with Gasteiger partial charge >= 0.3 is 5.97 Å². The number of aliphatic carboxylic acids is 1. The predicted molar refractivity (Wildman–Crippen MR) is 52.9 cm³/mol. The minimum absolute atomic E-state index is 0.118. The van der Waals surface area contributed by atoms with Crippen LogP contribution in [0.5, 0.6) is 11.5 Å². The second-order valence-electron chi connectivity index (χ2n) is 3.87. The van der Waals surface area contributed by atoms with Gasteiger partial charge in [0.15, 0.2) is 0 Å². The maximum absolute atomic E-state index is 10.8. The molecule has 0 atom stereocenters. The average Bonchev–Trinajstić information content (AvgIpc) is 2.96. The summed E-state index contributed by atoms with van der Waals surface area (Å²) in [6.07, 6.45) is 1.34. The van der Waals surface area contributed by atoms with E-state index in [4.69, 9.17) is 9.84 Å². The van der Waals surface area contributed by atoms with Gasteiger partial charge in [0.1, 0.15) is 23.5 Å². The summed E-state index contributed by atoms with van der Waals surface area (Å²) < 4.78 is 5.33. The van der Waals surface area contributed by atoms with Crippen molar-refractivity contribution in [2.24, 2.45) is 5.41 Å². The Morgan fingerprint density at radius 2 is 2.20 bits per heavy atom. The molecule has 80 valence electrons. The molecule has 0 unspecified atom stereocenters. The van der Waals surface area contributed by atoms with Crippen LogP contribution in [0.4, 0.5) is 0 Å². The Bertz CT molecular complexity index is 382. The first-order valence-corrected chi connectivity index (χ1v) is 4.78. The lowest BCUT2D eigenvalue weighted by molar-refractivity contribution is -0.144. The number of ether oxygens (including phenoxy) is 1. The molecule has 0 radical (unpaired) electrons. The van der Waals surface area contributed by atoms with Gasteiger partial charge in [-0.3, -0.25) is 4.79 Å². The van der Waals surface area contributed by atoms with E-state index in [1.54, 1.807) is 12.1 Å². The van der Waals surface area contributed by atoms with Gasteiger partial charge in [-0.2, -0.15) is 0 Å². The van der Waals surface area contributed by atoms with Gasteiger partial charge in [-0.15, -0.1) is 0 Å². The van der Waals surface area contributed by atoms with Crippen LogP contribution in [0.25, 0.3) is 0 Å². The minimum Gasteiger partial charge on any atom is -0.508 e. The lowest BCUT2D eigenvalue weighted by Gasteiger charge is -2.11. The summed E-state index contributed by atoms with van der Waals surface area (Å²) in [6, 6.07) is 6.36. The first-order valence-electron chi connectivity index (χ1n) is 4.78. The zero-order valence-electron chi connectivity index (χ0n) is 8.14. The Labute approximate surface area is 87.1 Å². The number of phenolic OH excluding ortho intramolecular Hbond substituents is 1. The summed E-state index contributed by atoms with van der Waals surface area (Å²) in [5.41, 5.74) is -0.689. The summed E-state index contributed by atoms with van der Waals surface area (Å²) in [5.74, 6) is -0.183. The molecule has 1 aliphatic rings. The number of benzene rings is 1. The molecular formula is C11H12O4. The molecule has 0 amide bonds. The largest absolute Gasteiger partial charge is 0.508 e. The van der Waals surface area contributed by atoms with Crippen molar-refractivity contribution in [1.82, 2.24) is 0 Å². The second-order valence-corrected chi connectivity index (χ2v) is 3.87. The quantitative estimate of drug-likeness (QED) is 0.789. The van der Waals surface area contributed by atoms with E-state index >= 15 is 0 Å². The van der Waals surface area contributed by atoms with Crippen LogP contribution in [0, 0.1) is 5.41 Å². The molecular weight excluding hydrogens is 196 g/mol. The molecule has 2 rings (SSSR count). The van der Waals surface area contributed by atoms with Gasteiger partial charge in [0.2, 0.25) is 0 Å². The number of hydrogen-bond donors (Lipinski definition) is 2. The number of carboxylic acid groups (broad SMARTS) is 1. The third-order valence-electron chi connectivity index (χ3n) is 2.64. The van der Waals surface area contributed by atoms with Crippen LogP contribution in [-0.2, 0) is 4.79 Å². The fourth-order valence-corrected chi connectivity index (χ4v) is 1.37. The van der Waals surface area contributed by atoms with Gasteiger partial charge < -0.3 is 14.9 Å². The van der Waals surface area contributed by atoms with E-state index in [9.17, 15) is 9.90 Å². The Balaban J connectivity index is 1.96. The molecule has 0 heterocycles. The SMILES string of the molecule is O=C(O)C1(COc2cccc(O)c2)CC1. The highest BCUT2D eigenvalue weighted by Crippen LogP contribution is 2.46. The molecule has 0 aliphatic heterocycles. The predicted octanol–water partition coefficient (Wildman–Crippen LogP) is 1.64. The number of phenols is 1. The van der Waals surface area contributed by atoms with Crippen molar-refractivity contribution in [3.63, 3.8) is 0 Å². The zero-order chi connectivity index (χ0) is 10.9. The lowest BCUT2D eigenvalue weighted by Crippen LogP contribution is -2.22. The van der Waals surface area contributed by atoms with E-state index < -0.39 is 11.4 Å². The normalized spacial score (nSPS) is 17.1. The summed E-state index contributed by atoms with van der Waals surface area (Å²) in [4.78, 5) is 10.8. The van der Waals surface area contributed by atoms with Crippen molar-refractivity contribution in [2.75, 3.05) is 6.61 Å². The van der Waals surface area contributed by atoms with Crippen LogP contribution in [0.15, 0.2) is 24.3 Å². The summed E-state index contributed by atoms with van der Waals surface area (Å²) in [5, 5.41) is 18.1. The van der Waals surface area contributed by atoms with Gasteiger partial charge in [0, 0.05) is 6.07 Å². The molecule has 4 nitrogen and oxygen atoms in total. The summed E-state index contributed by atoms with van der Waals surface area (Å²) in [7, 11) is 0. The maximum atomic E-state index is 10.8. The summed E-state index contributed by atoms with van der Waals surface area (Å²) in [6.45, 7) is 0.172. The molecule has 0 spiro atoms. The standard InChI is InChI=1S/C11H12O4/c12-8-2-1-3-9(6-8)15-7-11(4-5-11)10(13)14/h1-3,6,12H,4-5,7H2,(H,13,14). The van der Waals surface area contributed by atoms with Crippen LogP contribution in [-0.4, -0.2) is 22.8 Å². The second kappa shape index (κ2) is 3.46. The monoisotopic (exact) mass is 208 g/mol. The van der Waals surface area contributed by atoms with E-state index in [1.165, 1.54) is 12.1 Å². The molecule has 4 heteroatoms. The molecule has 1 fully saturated rings. The number of carbonyl (C=O) groups is 1. The third-order valence-corrected chi connectivity index (χ3v) is 2.64. The van der Waals surface area contributed by atoms with Crippen molar-refractivity contribution >= 4 is 5.97 Å². The zero-order valence-corrected chi connectivity index (χ0v) is 8.14. The molecule has 2 N–H and O–H groups in total. The Hall–Kier alpha value is -1.71. The number of hydrogen-bond acceptors (Lipinski definition) is 3. The van der Waals surface area contributed by atoms with Gasteiger partial charge in [-0.05, 0) is 25.0 Å². The highest BCUT2D eigenvalue weighted by molar-refractivity contribution is 5.77. The van der Waals surface area contributed by atoms with E-state index in [1.807, 2.05) is 0 Å². The molecule has 15 heavy (non-hydrogen) atoms. The van der Waals surface area contributed by atoms with Gasteiger partial charge in [-0.25, -0.2) is 0 Å². The van der Waals surface area contributed by atoms with Crippen LogP contribution < -0.4 is 4.74 Å². The first-order chi connectivity index (χ1) is 7.12. The molecule has 0 bridgehead atoms. The number of carboxylic acids is 1. The third kappa shape index (κ3) is 2.03. The highest BCUT2D eigenvalue weighted by Gasteiger charge is 2.51. The van der Waals surface area contributed by atoms with Crippen molar-refractivity contribution in [2.45, 2.75) is 12.8 Å². The molecule has 0 aromatic heterocycles. The van der Waals surface area contributed by atoms with Crippen LogP contribution in [0.2, 0.25) is 0 Å². The van der Waals surface area contributed by atoms with Gasteiger partial charge in [0.25, 0.3) is 0 Å². The smallest absolute Gasteiger partial charge is 0.313 e. The van der Waals surface area contributed by atoms with E-state index in [0.29, 0.717) is 18.6 Å². The molecule has 1 aromatic carbocycles. The van der Waals surface area contributed by atoms with Crippen LogP contribution in [0.3, 0.4) is 0 Å². The van der Waals surface area contributed by atoms with Gasteiger partial charge in [-0.1, -0.05) is 6.07 Å². The van der Waals surface area contributed by atoms with E-state index in [-0.39, 0.29) is 12.4 Å². The van der Waals surface area contributed by atoms with Gasteiger partial charge in [0.05, 0.1) is 0 Å². The van der Waals surface area contributed by atoms with Crippen LogP contribution >= 0.6 is 0 Å². The van der Waals surface area contributed by atoms with Crippen LogP contribution in [0.1, 0.15) is 12.8 Å². The topological polar surface area (TPSA) is 66.8 Å². The molecule has 1 saturated carbocycles. The Morgan fingerprint density at radius 3 is 2.73 bits per heavy atom. The van der Waals surface area contributed by atoms with E-state index in [0.717, 1.165) is 0 Å². The fraction of sp³-hybridized carbons (Fsp3) is 0.364. The number of rotatable bonds is 4. The van der Waals surface area contributed by atoms with Crippen molar-refractivity contribution in [1.29, 1.82) is 0 Å².